The van der Waals surface area contributed by atoms with Crippen LogP contribution in [-0.2, 0) is 9.53 Å². The van der Waals surface area contributed by atoms with Gasteiger partial charge < -0.3 is 20.3 Å². The summed E-state index contributed by atoms with van der Waals surface area (Å²) in [6.07, 6.45) is 2.37. The lowest BCUT2D eigenvalue weighted by Gasteiger charge is -2.17. The minimum absolute atomic E-state index is 0.199. The molecule has 1 saturated heterocycles. The van der Waals surface area contributed by atoms with Gasteiger partial charge in [0.15, 0.2) is 0 Å². The molecule has 0 bridgehead atoms. The number of esters is 1. The Hall–Kier alpha value is -2.34. The highest BCUT2D eigenvalue weighted by molar-refractivity contribution is 5.88. The molecule has 1 aromatic carbocycles. The molecule has 0 spiro atoms. The number of aliphatic hydroxyl groups excluding tert-OH is 1. The SMILES string of the molecule is C[C@@H](O)C=C[C@H]1OC(=O)C[C@@H]1Nc1ccc(C(=O)O)cc1. The number of hydrogen-bond acceptors (Lipinski definition) is 5. The maximum atomic E-state index is 11.4. The highest BCUT2D eigenvalue weighted by Crippen LogP contribution is 2.21. The number of carbonyl (C=O) groups excluding carboxylic acids is 1. The summed E-state index contributed by atoms with van der Waals surface area (Å²) in [5.74, 6) is -1.30. The van der Waals surface area contributed by atoms with Crippen LogP contribution in [0.2, 0.25) is 0 Å². The van der Waals surface area contributed by atoms with Gasteiger partial charge in [-0.15, -0.1) is 0 Å². The number of benzene rings is 1. The Labute approximate surface area is 122 Å². The molecule has 112 valence electrons. The van der Waals surface area contributed by atoms with Crippen molar-refractivity contribution in [3.8, 4) is 0 Å². The Morgan fingerprint density at radius 1 is 1.43 bits per heavy atom. The van der Waals surface area contributed by atoms with Gasteiger partial charge in [0.1, 0.15) is 6.10 Å². The highest BCUT2D eigenvalue weighted by Gasteiger charge is 2.33. The number of carbonyl (C=O) groups is 2. The maximum absolute atomic E-state index is 11.4. The van der Waals surface area contributed by atoms with Crippen LogP contribution in [-0.4, -0.2) is 40.4 Å². The number of aromatic carboxylic acids is 1. The van der Waals surface area contributed by atoms with Gasteiger partial charge >= 0.3 is 11.9 Å². The minimum atomic E-state index is -0.987. The van der Waals surface area contributed by atoms with Crippen molar-refractivity contribution in [1.29, 1.82) is 0 Å². The Bertz CT molecular complexity index is 550. The molecule has 0 radical (unpaired) electrons. The summed E-state index contributed by atoms with van der Waals surface area (Å²) in [6.45, 7) is 1.61. The van der Waals surface area contributed by atoms with Gasteiger partial charge in [-0.25, -0.2) is 4.79 Å². The fourth-order valence-corrected chi connectivity index (χ4v) is 2.08. The number of carboxylic acids is 1. The van der Waals surface area contributed by atoms with E-state index in [-0.39, 0.29) is 24.0 Å². The second kappa shape index (κ2) is 6.41. The third kappa shape index (κ3) is 4.06. The molecule has 21 heavy (non-hydrogen) atoms. The first kappa shape index (κ1) is 15.1. The van der Waals surface area contributed by atoms with Gasteiger partial charge in [-0.1, -0.05) is 6.08 Å². The van der Waals surface area contributed by atoms with Crippen LogP contribution >= 0.6 is 0 Å². The second-order valence-corrected chi connectivity index (χ2v) is 4.92. The van der Waals surface area contributed by atoms with Gasteiger partial charge in [0, 0.05) is 5.69 Å². The van der Waals surface area contributed by atoms with E-state index >= 15 is 0 Å². The summed E-state index contributed by atoms with van der Waals surface area (Å²) in [5, 5.41) is 21.2. The van der Waals surface area contributed by atoms with Crippen molar-refractivity contribution >= 4 is 17.6 Å². The van der Waals surface area contributed by atoms with E-state index in [1.54, 1.807) is 31.2 Å². The minimum Gasteiger partial charge on any atom is -0.478 e. The topological polar surface area (TPSA) is 95.9 Å². The average molecular weight is 291 g/mol. The fourth-order valence-electron chi connectivity index (χ4n) is 2.08. The largest absolute Gasteiger partial charge is 0.478 e. The van der Waals surface area contributed by atoms with Gasteiger partial charge in [-0.05, 0) is 37.3 Å². The summed E-state index contributed by atoms with van der Waals surface area (Å²) in [6, 6.07) is 6.01. The second-order valence-electron chi connectivity index (χ2n) is 4.92. The Morgan fingerprint density at radius 3 is 2.67 bits per heavy atom. The smallest absolute Gasteiger partial charge is 0.335 e. The van der Waals surface area contributed by atoms with E-state index in [1.165, 1.54) is 12.1 Å². The van der Waals surface area contributed by atoms with E-state index in [4.69, 9.17) is 9.84 Å². The van der Waals surface area contributed by atoms with Crippen LogP contribution < -0.4 is 5.32 Å². The van der Waals surface area contributed by atoms with Crippen LogP contribution in [0.3, 0.4) is 0 Å². The first-order valence-corrected chi connectivity index (χ1v) is 6.61. The first-order valence-electron chi connectivity index (χ1n) is 6.61. The number of hydrogen-bond donors (Lipinski definition) is 3. The van der Waals surface area contributed by atoms with Crippen LogP contribution in [0.5, 0.6) is 0 Å². The zero-order valence-electron chi connectivity index (χ0n) is 11.5. The maximum Gasteiger partial charge on any atom is 0.335 e. The summed E-state index contributed by atoms with van der Waals surface area (Å²) < 4.78 is 5.17. The molecule has 1 aromatic rings. The molecule has 1 fully saturated rings. The lowest BCUT2D eigenvalue weighted by molar-refractivity contribution is -0.140. The molecular formula is C15H17NO5. The molecule has 0 aliphatic carbocycles. The number of carboxylic acid groups (broad SMARTS) is 1. The Kier molecular flexibility index (Phi) is 4.59. The Morgan fingerprint density at radius 2 is 2.10 bits per heavy atom. The van der Waals surface area contributed by atoms with Gasteiger partial charge in [-0.3, -0.25) is 4.79 Å². The number of ether oxygens (including phenoxy) is 1. The van der Waals surface area contributed by atoms with E-state index < -0.39 is 18.2 Å². The number of nitrogens with one attached hydrogen (secondary N) is 1. The fraction of sp³-hybridized carbons (Fsp3) is 0.333. The number of anilines is 1. The van der Waals surface area contributed by atoms with Crippen molar-refractivity contribution < 1.29 is 24.5 Å². The molecule has 6 nitrogen and oxygen atoms in total. The van der Waals surface area contributed by atoms with E-state index in [0.29, 0.717) is 5.69 Å². The monoisotopic (exact) mass is 291 g/mol. The standard InChI is InChI=1S/C15H17NO5/c1-9(17)2-7-13-12(8-14(18)21-13)16-11-5-3-10(4-6-11)15(19)20/h2-7,9,12-13,16-17H,8H2,1H3,(H,19,20)/t9-,12+,13-/m1/s1. The molecule has 0 amide bonds. The summed E-state index contributed by atoms with van der Waals surface area (Å²) in [4.78, 5) is 22.2. The predicted octanol–water partition coefficient (Wildman–Crippen LogP) is 1.42. The highest BCUT2D eigenvalue weighted by atomic mass is 16.6. The molecular weight excluding hydrogens is 274 g/mol. The molecule has 0 aromatic heterocycles. The van der Waals surface area contributed by atoms with E-state index in [1.807, 2.05) is 0 Å². The average Bonchev–Trinajstić information content (AvgIpc) is 2.77. The van der Waals surface area contributed by atoms with Crippen molar-refractivity contribution in [3.63, 3.8) is 0 Å². The van der Waals surface area contributed by atoms with Crippen LogP contribution in [0.25, 0.3) is 0 Å². The van der Waals surface area contributed by atoms with Gasteiger partial charge in [-0.2, -0.15) is 0 Å². The number of aliphatic hydroxyl groups is 1. The van der Waals surface area contributed by atoms with Crippen LogP contribution in [0.1, 0.15) is 23.7 Å². The van der Waals surface area contributed by atoms with Gasteiger partial charge in [0.05, 0.1) is 24.1 Å². The molecule has 6 heteroatoms. The quantitative estimate of drug-likeness (QED) is 0.561. The lowest BCUT2D eigenvalue weighted by Crippen LogP contribution is -2.27. The van der Waals surface area contributed by atoms with Crippen LogP contribution in [0.4, 0.5) is 5.69 Å². The predicted molar refractivity (Wildman–Crippen MR) is 76.1 cm³/mol. The summed E-state index contributed by atoms with van der Waals surface area (Å²) in [5.41, 5.74) is 0.906. The van der Waals surface area contributed by atoms with Gasteiger partial charge in [0.25, 0.3) is 0 Å². The first-order chi connectivity index (χ1) is 9.95. The Balaban J connectivity index is 2.05. The van der Waals surface area contributed by atoms with E-state index in [0.717, 1.165) is 0 Å². The van der Waals surface area contributed by atoms with Gasteiger partial charge in [0.2, 0.25) is 0 Å². The summed E-state index contributed by atoms with van der Waals surface area (Å²) in [7, 11) is 0. The van der Waals surface area contributed by atoms with Crippen molar-refractivity contribution in [2.75, 3.05) is 5.32 Å². The molecule has 1 aliphatic heterocycles. The molecule has 1 aliphatic rings. The lowest BCUT2D eigenvalue weighted by atomic mass is 10.1. The number of rotatable bonds is 5. The summed E-state index contributed by atoms with van der Waals surface area (Å²) >= 11 is 0. The molecule has 3 atom stereocenters. The number of cyclic esters (lactones) is 1. The molecule has 0 saturated carbocycles. The molecule has 2 rings (SSSR count). The molecule has 1 heterocycles. The third-order valence-electron chi connectivity index (χ3n) is 3.11. The van der Waals surface area contributed by atoms with Crippen molar-refractivity contribution in [3.05, 3.63) is 42.0 Å². The molecule has 3 N–H and O–H groups in total. The zero-order chi connectivity index (χ0) is 15.4. The van der Waals surface area contributed by atoms with Crippen LogP contribution in [0.15, 0.2) is 36.4 Å². The zero-order valence-corrected chi connectivity index (χ0v) is 11.5. The molecule has 0 unspecified atom stereocenters. The van der Waals surface area contributed by atoms with E-state index in [2.05, 4.69) is 5.32 Å². The third-order valence-corrected chi connectivity index (χ3v) is 3.11. The van der Waals surface area contributed by atoms with Crippen molar-refractivity contribution in [1.82, 2.24) is 0 Å². The van der Waals surface area contributed by atoms with E-state index in [9.17, 15) is 14.7 Å². The van der Waals surface area contributed by atoms with Crippen molar-refractivity contribution in [2.45, 2.75) is 31.6 Å². The van der Waals surface area contributed by atoms with Crippen LogP contribution in [0, 0.1) is 0 Å². The normalized spacial score (nSPS) is 23.0. The van der Waals surface area contributed by atoms with Crippen molar-refractivity contribution in [2.24, 2.45) is 0 Å².